The molecular weight excluding hydrogens is 328 g/mol. The lowest BCUT2D eigenvalue weighted by molar-refractivity contribution is 0.0697. The summed E-state index contributed by atoms with van der Waals surface area (Å²) in [7, 11) is 0. The topological polar surface area (TPSA) is 83.2 Å². The van der Waals surface area contributed by atoms with Gasteiger partial charge in [-0.05, 0) is 43.2 Å². The van der Waals surface area contributed by atoms with E-state index in [2.05, 4.69) is 18.0 Å². The highest BCUT2D eigenvalue weighted by molar-refractivity contribution is 5.94. The fourth-order valence-electron chi connectivity index (χ4n) is 3.50. The van der Waals surface area contributed by atoms with Crippen molar-refractivity contribution in [2.75, 3.05) is 6.61 Å². The van der Waals surface area contributed by atoms with Gasteiger partial charge in [0.05, 0.1) is 23.4 Å². The lowest BCUT2D eigenvalue weighted by atomic mass is 9.76. The lowest BCUT2D eigenvalue weighted by Gasteiger charge is -2.33. The zero-order chi connectivity index (χ0) is 18.6. The minimum Gasteiger partial charge on any atom is -0.492 e. The summed E-state index contributed by atoms with van der Waals surface area (Å²) >= 11 is 0. The number of rotatable bonds is 5. The number of carboxylic acids is 1. The van der Waals surface area contributed by atoms with Crippen LogP contribution in [-0.2, 0) is 0 Å². The van der Waals surface area contributed by atoms with Crippen LogP contribution in [0.2, 0.25) is 0 Å². The zero-order valence-corrected chi connectivity index (χ0v) is 14.9. The standard InChI is InChI=1S/C21H22N2O3/c1-21(9-3-2-4-10-21)14-26-18-8-7-15(12-16(18)13-22)19-17(20(24)25)6-5-11-23-19/h5-8,11-12H,2-4,9-10,14H2,1H3,(H,24,25). The van der Waals surface area contributed by atoms with Gasteiger partial charge in [0, 0.05) is 17.2 Å². The third-order valence-corrected chi connectivity index (χ3v) is 5.05. The normalized spacial score (nSPS) is 15.8. The molecular formula is C21H22N2O3. The summed E-state index contributed by atoms with van der Waals surface area (Å²) in [6.45, 7) is 2.82. The van der Waals surface area contributed by atoms with Crippen molar-refractivity contribution in [1.82, 2.24) is 4.98 Å². The minimum absolute atomic E-state index is 0.111. The number of aromatic nitrogens is 1. The van der Waals surface area contributed by atoms with Gasteiger partial charge in [-0.25, -0.2) is 4.79 Å². The van der Waals surface area contributed by atoms with E-state index >= 15 is 0 Å². The number of carboxylic acid groups (broad SMARTS) is 1. The van der Waals surface area contributed by atoms with Gasteiger partial charge in [0.25, 0.3) is 0 Å². The number of nitriles is 1. The Hall–Kier alpha value is -2.87. The predicted octanol–water partition coefficient (Wildman–Crippen LogP) is 4.67. The fraction of sp³-hybridized carbons (Fsp3) is 0.381. The Morgan fingerprint density at radius 1 is 1.31 bits per heavy atom. The first-order valence-electron chi connectivity index (χ1n) is 8.88. The van der Waals surface area contributed by atoms with Crippen LogP contribution in [0.3, 0.4) is 0 Å². The average molecular weight is 350 g/mol. The van der Waals surface area contributed by atoms with Crippen LogP contribution in [0, 0.1) is 16.7 Å². The van der Waals surface area contributed by atoms with Crippen molar-refractivity contribution in [3.63, 3.8) is 0 Å². The van der Waals surface area contributed by atoms with Crippen LogP contribution in [-0.4, -0.2) is 22.7 Å². The van der Waals surface area contributed by atoms with Crippen molar-refractivity contribution in [2.45, 2.75) is 39.0 Å². The maximum atomic E-state index is 11.4. The van der Waals surface area contributed by atoms with Gasteiger partial charge in [-0.1, -0.05) is 26.2 Å². The van der Waals surface area contributed by atoms with Crippen LogP contribution in [0.5, 0.6) is 5.75 Å². The molecule has 1 saturated carbocycles. The summed E-state index contributed by atoms with van der Waals surface area (Å²) in [4.78, 5) is 15.6. The molecule has 0 spiro atoms. The van der Waals surface area contributed by atoms with E-state index in [0.717, 1.165) is 12.8 Å². The van der Waals surface area contributed by atoms with Gasteiger partial charge in [-0.3, -0.25) is 4.98 Å². The number of benzene rings is 1. The molecule has 1 aliphatic rings. The van der Waals surface area contributed by atoms with Crippen molar-refractivity contribution in [3.05, 3.63) is 47.7 Å². The van der Waals surface area contributed by atoms with Crippen LogP contribution in [0.15, 0.2) is 36.5 Å². The number of pyridine rings is 1. The van der Waals surface area contributed by atoms with Crippen LogP contribution >= 0.6 is 0 Å². The first-order valence-corrected chi connectivity index (χ1v) is 8.88. The zero-order valence-electron chi connectivity index (χ0n) is 14.9. The number of ether oxygens (including phenoxy) is 1. The van der Waals surface area contributed by atoms with Gasteiger partial charge in [0.15, 0.2) is 0 Å². The second-order valence-corrected chi connectivity index (χ2v) is 7.19. The van der Waals surface area contributed by atoms with Gasteiger partial charge in [-0.2, -0.15) is 5.26 Å². The van der Waals surface area contributed by atoms with Crippen LogP contribution < -0.4 is 4.74 Å². The Kier molecular flexibility index (Phi) is 5.22. The van der Waals surface area contributed by atoms with Crippen LogP contribution in [0.25, 0.3) is 11.3 Å². The molecule has 0 amide bonds. The second-order valence-electron chi connectivity index (χ2n) is 7.19. The Bertz CT molecular complexity index is 849. The summed E-state index contributed by atoms with van der Waals surface area (Å²) in [6.07, 6.45) is 7.56. The summed E-state index contributed by atoms with van der Waals surface area (Å²) in [5.41, 5.74) is 1.60. The van der Waals surface area contributed by atoms with Crippen molar-refractivity contribution in [3.8, 4) is 23.1 Å². The minimum atomic E-state index is -1.04. The molecule has 0 bridgehead atoms. The highest BCUT2D eigenvalue weighted by Crippen LogP contribution is 2.37. The van der Waals surface area contributed by atoms with Gasteiger partial charge >= 0.3 is 5.97 Å². The quantitative estimate of drug-likeness (QED) is 0.847. The number of aromatic carboxylic acids is 1. The summed E-state index contributed by atoms with van der Waals surface area (Å²) in [6, 6.07) is 10.4. The monoisotopic (exact) mass is 350 g/mol. The smallest absolute Gasteiger partial charge is 0.337 e. The lowest BCUT2D eigenvalue weighted by Crippen LogP contribution is -2.27. The molecule has 0 aliphatic heterocycles. The maximum absolute atomic E-state index is 11.4. The largest absolute Gasteiger partial charge is 0.492 e. The predicted molar refractivity (Wildman–Crippen MR) is 98.0 cm³/mol. The van der Waals surface area contributed by atoms with Gasteiger partial charge < -0.3 is 9.84 Å². The van der Waals surface area contributed by atoms with E-state index in [1.807, 2.05) is 0 Å². The number of carbonyl (C=O) groups is 1. The van der Waals surface area contributed by atoms with Crippen molar-refractivity contribution >= 4 is 5.97 Å². The van der Waals surface area contributed by atoms with E-state index in [4.69, 9.17) is 4.74 Å². The highest BCUT2D eigenvalue weighted by Gasteiger charge is 2.28. The molecule has 1 aromatic carbocycles. The van der Waals surface area contributed by atoms with Gasteiger partial charge in [0.2, 0.25) is 0 Å². The van der Waals surface area contributed by atoms with Gasteiger partial charge in [-0.15, -0.1) is 0 Å². The molecule has 26 heavy (non-hydrogen) atoms. The molecule has 1 fully saturated rings. The molecule has 1 heterocycles. The van der Waals surface area contributed by atoms with E-state index in [1.54, 1.807) is 30.5 Å². The molecule has 2 aromatic rings. The Morgan fingerprint density at radius 2 is 2.08 bits per heavy atom. The van der Waals surface area contributed by atoms with E-state index in [0.29, 0.717) is 29.2 Å². The second kappa shape index (κ2) is 7.57. The van der Waals surface area contributed by atoms with Crippen molar-refractivity contribution in [2.24, 2.45) is 5.41 Å². The van der Waals surface area contributed by atoms with Crippen LogP contribution in [0.1, 0.15) is 54.9 Å². The van der Waals surface area contributed by atoms with E-state index < -0.39 is 5.97 Å². The molecule has 0 saturated heterocycles. The Balaban J connectivity index is 1.85. The molecule has 0 atom stereocenters. The first kappa shape index (κ1) is 17.9. The number of hydrogen-bond donors (Lipinski definition) is 1. The van der Waals surface area contributed by atoms with Crippen molar-refractivity contribution in [1.29, 1.82) is 5.26 Å². The van der Waals surface area contributed by atoms with E-state index in [-0.39, 0.29) is 11.0 Å². The maximum Gasteiger partial charge on any atom is 0.337 e. The SMILES string of the molecule is CC1(COc2ccc(-c3ncccc3C(=O)O)cc2C#N)CCCCC1. The fourth-order valence-corrected chi connectivity index (χ4v) is 3.50. The first-order chi connectivity index (χ1) is 12.5. The summed E-state index contributed by atoms with van der Waals surface area (Å²) in [5, 5.41) is 18.8. The Labute approximate surface area is 153 Å². The molecule has 1 aromatic heterocycles. The molecule has 5 nitrogen and oxygen atoms in total. The van der Waals surface area contributed by atoms with E-state index in [1.165, 1.54) is 25.3 Å². The molecule has 5 heteroatoms. The average Bonchev–Trinajstić information content (AvgIpc) is 2.67. The molecule has 3 rings (SSSR count). The van der Waals surface area contributed by atoms with Crippen LogP contribution in [0.4, 0.5) is 0 Å². The summed E-state index contributed by atoms with van der Waals surface area (Å²) in [5.74, 6) is -0.506. The molecule has 0 radical (unpaired) electrons. The molecule has 0 unspecified atom stereocenters. The number of hydrogen-bond acceptors (Lipinski definition) is 4. The third-order valence-electron chi connectivity index (χ3n) is 5.05. The van der Waals surface area contributed by atoms with Crippen molar-refractivity contribution < 1.29 is 14.6 Å². The third kappa shape index (κ3) is 3.85. The van der Waals surface area contributed by atoms with E-state index in [9.17, 15) is 15.2 Å². The summed E-state index contributed by atoms with van der Waals surface area (Å²) < 4.78 is 5.98. The molecule has 1 aliphatic carbocycles. The highest BCUT2D eigenvalue weighted by atomic mass is 16.5. The Morgan fingerprint density at radius 3 is 2.77 bits per heavy atom. The van der Waals surface area contributed by atoms with Gasteiger partial charge in [0.1, 0.15) is 11.8 Å². The number of nitrogens with zero attached hydrogens (tertiary/aromatic N) is 2. The molecule has 134 valence electrons. The molecule has 1 N–H and O–H groups in total.